The number of ether oxygens (including phenoxy) is 1. The van der Waals surface area contributed by atoms with Crippen molar-refractivity contribution in [3.8, 4) is 0 Å². The minimum atomic E-state index is -0.735. The van der Waals surface area contributed by atoms with E-state index in [-0.39, 0.29) is 17.2 Å². The predicted octanol–water partition coefficient (Wildman–Crippen LogP) is 1.92. The van der Waals surface area contributed by atoms with Crippen molar-refractivity contribution in [2.45, 2.75) is 26.3 Å². The van der Waals surface area contributed by atoms with Crippen molar-refractivity contribution in [2.75, 3.05) is 12.4 Å². The van der Waals surface area contributed by atoms with Crippen molar-refractivity contribution >= 4 is 17.6 Å². The van der Waals surface area contributed by atoms with Crippen molar-refractivity contribution < 1.29 is 18.7 Å². The number of esters is 1. The number of nitrogens with one attached hydrogen (secondary N) is 1. The van der Waals surface area contributed by atoms with Crippen molar-refractivity contribution in [3.05, 3.63) is 29.6 Å². The van der Waals surface area contributed by atoms with E-state index in [0.717, 1.165) is 12.5 Å². The van der Waals surface area contributed by atoms with E-state index < -0.39 is 23.7 Å². The van der Waals surface area contributed by atoms with E-state index in [1.165, 1.54) is 19.2 Å². The third-order valence-corrected chi connectivity index (χ3v) is 3.21. The molecule has 5 nitrogen and oxygen atoms in total. The van der Waals surface area contributed by atoms with E-state index in [1.807, 2.05) is 13.8 Å². The lowest BCUT2D eigenvalue weighted by Crippen LogP contribution is -2.40. The van der Waals surface area contributed by atoms with Crippen LogP contribution in [0, 0.1) is 11.7 Å². The molecule has 0 aliphatic carbocycles. The van der Waals surface area contributed by atoms with Gasteiger partial charge in [0.25, 0.3) is 0 Å². The Morgan fingerprint density at radius 1 is 1.45 bits per heavy atom. The highest BCUT2D eigenvalue weighted by atomic mass is 19.1. The van der Waals surface area contributed by atoms with Gasteiger partial charge in [-0.05, 0) is 24.1 Å². The predicted molar refractivity (Wildman–Crippen MR) is 73.8 cm³/mol. The zero-order valence-corrected chi connectivity index (χ0v) is 11.8. The van der Waals surface area contributed by atoms with Gasteiger partial charge in [0.1, 0.15) is 5.82 Å². The number of carbonyl (C=O) groups is 2. The molecule has 0 saturated carbocycles. The molecule has 1 rings (SSSR count). The molecule has 20 heavy (non-hydrogen) atoms. The Labute approximate surface area is 117 Å². The molecule has 0 aliphatic rings. The molecule has 0 aromatic heterocycles. The van der Waals surface area contributed by atoms with Gasteiger partial charge in [0.15, 0.2) is 0 Å². The van der Waals surface area contributed by atoms with Crippen LogP contribution in [0.3, 0.4) is 0 Å². The molecule has 2 unspecified atom stereocenters. The van der Waals surface area contributed by atoms with E-state index in [2.05, 4.69) is 10.1 Å². The smallest absolute Gasteiger partial charge is 0.337 e. The van der Waals surface area contributed by atoms with Crippen molar-refractivity contribution in [3.63, 3.8) is 0 Å². The third-order valence-electron chi connectivity index (χ3n) is 3.21. The number of nitrogens with two attached hydrogens (primary N) is 1. The van der Waals surface area contributed by atoms with Crippen LogP contribution in [0.4, 0.5) is 10.1 Å². The van der Waals surface area contributed by atoms with Gasteiger partial charge in [0.2, 0.25) is 5.91 Å². The Bertz CT molecular complexity index is 505. The maximum atomic E-state index is 13.6. The van der Waals surface area contributed by atoms with E-state index in [9.17, 15) is 14.0 Å². The number of halogens is 1. The molecular formula is C14H19FN2O3. The fourth-order valence-corrected chi connectivity index (χ4v) is 1.59. The van der Waals surface area contributed by atoms with Crippen LogP contribution in [0.25, 0.3) is 0 Å². The van der Waals surface area contributed by atoms with E-state index >= 15 is 0 Å². The number of methoxy groups -OCH3 is 1. The largest absolute Gasteiger partial charge is 0.465 e. The van der Waals surface area contributed by atoms with Gasteiger partial charge in [0, 0.05) is 0 Å². The average Bonchev–Trinajstić information content (AvgIpc) is 2.46. The lowest BCUT2D eigenvalue weighted by atomic mass is 9.99. The number of amides is 1. The maximum absolute atomic E-state index is 13.6. The van der Waals surface area contributed by atoms with Crippen LogP contribution in [-0.2, 0) is 9.53 Å². The number of rotatable bonds is 5. The summed E-state index contributed by atoms with van der Waals surface area (Å²) in [4.78, 5) is 23.3. The summed E-state index contributed by atoms with van der Waals surface area (Å²) in [5.41, 5.74) is 5.83. The first-order valence-corrected chi connectivity index (χ1v) is 6.35. The van der Waals surface area contributed by atoms with Gasteiger partial charge >= 0.3 is 5.97 Å². The van der Waals surface area contributed by atoms with Crippen molar-refractivity contribution in [1.29, 1.82) is 0 Å². The number of hydrogen-bond acceptors (Lipinski definition) is 4. The highest BCUT2D eigenvalue weighted by Crippen LogP contribution is 2.18. The van der Waals surface area contributed by atoms with Gasteiger partial charge in [-0.1, -0.05) is 20.3 Å². The molecule has 0 fully saturated rings. The number of hydrogen-bond donors (Lipinski definition) is 2. The fraction of sp³-hybridized carbons (Fsp3) is 0.429. The highest BCUT2D eigenvalue weighted by Gasteiger charge is 2.21. The monoisotopic (exact) mass is 282 g/mol. The normalized spacial score (nSPS) is 13.4. The second-order valence-electron chi connectivity index (χ2n) is 4.59. The summed E-state index contributed by atoms with van der Waals surface area (Å²) in [6, 6.07) is 2.87. The Morgan fingerprint density at radius 2 is 2.10 bits per heavy atom. The van der Waals surface area contributed by atoms with Crippen molar-refractivity contribution in [2.24, 2.45) is 11.7 Å². The first-order valence-electron chi connectivity index (χ1n) is 6.35. The molecule has 110 valence electrons. The summed E-state index contributed by atoms with van der Waals surface area (Å²) in [6.07, 6.45) is 0.735. The van der Waals surface area contributed by atoms with Crippen LogP contribution in [0.5, 0.6) is 0 Å². The standard InChI is InChI=1S/C14H19FN2O3/c1-4-8(2)12(16)13(18)17-11-7-9(14(19)20-3)5-6-10(11)15/h5-8,12H,4,16H2,1-3H3,(H,17,18). The van der Waals surface area contributed by atoms with E-state index in [0.29, 0.717) is 0 Å². The molecule has 0 aliphatic heterocycles. The molecule has 0 bridgehead atoms. The van der Waals surface area contributed by atoms with Crippen LogP contribution in [0.1, 0.15) is 30.6 Å². The summed E-state index contributed by atoms with van der Waals surface area (Å²) in [7, 11) is 1.22. The number of anilines is 1. The van der Waals surface area contributed by atoms with Crippen LogP contribution in [0.2, 0.25) is 0 Å². The van der Waals surface area contributed by atoms with E-state index in [1.54, 1.807) is 0 Å². The van der Waals surface area contributed by atoms with Crippen LogP contribution < -0.4 is 11.1 Å². The Kier molecular flexibility index (Phi) is 5.64. The van der Waals surface area contributed by atoms with E-state index in [4.69, 9.17) is 5.73 Å². The van der Waals surface area contributed by atoms with Crippen LogP contribution in [0.15, 0.2) is 18.2 Å². The summed E-state index contributed by atoms with van der Waals surface area (Å²) in [5, 5.41) is 2.40. The van der Waals surface area contributed by atoms with Crippen LogP contribution in [-0.4, -0.2) is 25.0 Å². The zero-order chi connectivity index (χ0) is 15.3. The summed E-state index contributed by atoms with van der Waals surface area (Å²) in [6.45, 7) is 3.75. The van der Waals surface area contributed by atoms with Gasteiger partial charge in [-0.15, -0.1) is 0 Å². The van der Waals surface area contributed by atoms with Crippen molar-refractivity contribution in [1.82, 2.24) is 0 Å². The molecule has 3 N–H and O–H groups in total. The average molecular weight is 282 g/mol. The Morgan fingerprint density at radius 3 is 2.65 bits per heavy atom. The second kappa shape index (κ2) is 7.00. The second-order valence-corrected chi connectivity index (χ2v) is 4.59. The summed E-state index contributed by atoms with van der Waals surface area (Å²) >= 11 is 0. The lowest BCUT2D eigenvalue weighted by molar-refractivity contribution is -0.118. The third kappa shape index (κ3) is 3.77. The SMILES string of the molecule is CCC(C)C(N)C(=O)Nc1cc(C(=O)OC)ccc1F. The summed E-state index contributed by atoms with van der Waals surface area (Å²) in [5.74, 6) is -1.75. The first-order chi connectivity index (χ1) is 9.40. The topological polar surface area (TPSA) is 81.4 Å². The zero-order valence-electron chi connectivity index (χ0n) is 11.8. The molecule has 1 aromatic carbocycles. The van der Waals surface area contributed by atoms with Gasteiger partial charge in [-0.3, -0.25) is 4.79 Å². The molecule has 0 heterocycles. The minimum absolute atomic E-state index is 0.0261. The maximum Gasteiger partial charge on any atom is 0.337 e. The molecule has 0 spiro atoms. The molecule has 0 saturated heterocycles. The molecule has 1 aromatic rings. The number of carbonyl (C=O) groups excluding carboxylic acids is 2. The first kappa shape index (κ1) is 16.1. The molecule has 6 heteroatoms. The van der Waals surface area contributed by atoms with Gasteiger partial charge in [0.05, 0.1) is 24.4 Å². The number of benzene rings is 1. The van der Waals surface area contributed by atoms with Gasteiger partial charge < -0.3 is 15.8 Å². The molecule has 2 atom stereocenters. The van der Waals surface area contributed by atoms with Gasteiger partial charge in [-0.25, -0.2) is 9.18 Å². The Balaban J connectivity index is 2.91. The quantitative estimate of drug-likeness (QED) is 0.808. The fourth-order valence-electron chi connectivity index (χ4n) is 1.59. The minimum Gasteiger partial charge on any atom is -0.465 e. The molecule has 1 amide bonds. The van der Waals surface area contributed by atoms with Gasteiger partial charge in [-0.2, -0.15) is 0 Å². The Hall–Kier alpha value is -1.95. The highest BCUT2D eigenvalue weighted by molar-refractivity contribution is 5.97. The van der Waals surface area contributed by atoms with Crippen LogP contribution >= 0.6 is 0 Å². The summed E-state index contributed by atoms with van der Waals surface area (Å²) < 4.78 is 18.2. The lowest BCUT2D eigenvalue weighted by Gasteiger charge is -2.18. The molecule has 0 radical (unpaired) electrons. The molecular weight excluding hydrogens is 263 g/mol.